The third-order valence-electron chi connectivity index (χ3n) is 3.30. The average molecular weight is 288 g/mol. The highest BCUT2D eigenvalue weighted by molar-refractivity contribution is 5.80. The lowest BCUT2D eigenvalue weighted by Crippen LogP contribution is -2.53. The van der Waals surface area contributed by atoms with E-state index in [2.05, 4.69) is 4.90 Å². The lowest BCUT2D eigenvalue weighted by Gasteiger charge is -2.38. The smallest absolute Gasteiger partial charge is 0.251 e. The Bertz CT molecular complexity index is 296. The van der Waals surface area contributed by atoms with Gasteiger partial charge in [-0.25, -0.2) is 0 Å². The maximum absolute atomic E-state index is 12.2. The largest absolute Gasteiger partial charge is 0.389 e. The van der Waals surface area contributed by atoms with Crippen LogP contribution in [0.4, 0.5) is 0 Å². The van der Waals surface area contributed by atoms with Gasteiger partial charge in [0.05, 0.1) is 18.8 Å². The SMILES string of the molecule is COCCOC(C)C(=O)N1CCN(CC(C)(C)O)CC1. The van der Waals surface area contributed by atoms with Crippen LogP contribution in [0.25, 0.3) is 0 Å². The third kappa shape index (κ3) is 6.17. The molecule has 1 aliphatic rings. The highest BCUT2D eigenvalue weighted by Crippen LogP contribution is 2.10. The minimum Gasteiger partial charge on any atom is -0.389 e. The lowest BCUT2D eigenvalue weighted by molar-refractivity contribution is -0.145. The molecule has 1 unspecified atom stereocenters. The standard InChI is InChI=1S/C14H28N2O4/c1-12(20-10-9-19-4)13(17)16-7-5-15(6-8-16)11-14(2,3)18/h12,18H,5-11H2,1-4H3. The number of carbonyl (C=O) groups excluding carboxylic acids is 1. The normalized spacial score (nSPS) is 19.1. The maximum atomic E-state index is 12.2. The molecule has 1 N–H and O–H groups in total. The van der Waals surface area contributed by atoms with E-state index in [4.69, 9.17) is 9.47 Å². The average Bonchev–Trinajstić information content (AvgIpc) is 2.37. The molecular formula is C14H28N2O4. The number of carbonyl (C=O) groups is 1. The molecule has 0 aromatic carbocycles. The zero-order valence-corrected chi connectivity index (χ0v) is 13.1. The van der Waals surface area contributed by atoms with Gasteiger partial charge in [-0.3, -0.25) is 9.69 Å². The van der Waals surface area contributed by atoms with Crippen molar-refractivity contribution in [2.75, 3.05) is 53.0 Å². The molecule has 0 spiro atoms. The van der Waals surface area contributed by atoms with Gasteiger partial charge in [0.15, 0.2) is 0 Å². The van der Waals surface area contributed by atoms with Gasteiger partial charge in [-0.15, -0.1) is 0 Å². The second-order valence-corrected chi connectivity index (χ2v) is 5.92. The zero-order chi connectivity index (χ0) is 15.2. The van der Waals surface area contributed by atoms with Crippen LogP contribution in [0.3, 0.4) is 0 Å². The number of aliphatic hydroxyl groups is 1. The van der Waals surface area contributed by atoms with E-state index >= 15 is 0 Å². The summed E-state index contributed by atoms with van der Waals surface area (Å²) in [7, 11) is 1.61. The van der Waals surface area contributed by atoms with Gasteiger partial charge in [0.25, 0.3) is 5.91 Å². The zero-order valence-electron chi connectivity index (χ0n) is 13.1. The number of hydrogen-bond donors (Lipinski definition) is 1. The maximum Gasteiger partial charge on any atom is 0.251 e. The molecule has 6 nitrogen and oxygen atoms in total. The first kappa shape index (κ1) is 17.4. The number of methoxy groups -OCH3 is 1. The van der Waals surface area contributed by atoms with Crippen molar-refractivity contribution in [2.24, 2.45) is 0 Å². The summed E-state index contributed by atoms with van der Waals surface area (Å²) in [5.41, 5.74) is -0.692. The van der Waals surface area contributed by atoms with Crippen molar-refractivity contribution in [1.82, 2.24) is 9.80 Å². The van der Waals surface area contributed by atoms with E-state index in [1.807, 2.05) is 4.90 Å². The number of hydrogen-bond acceptors (Lipinski definition) is 5. The molecule has 1 heterocycles. The van der Waals surface area contributed by atoms with Gasteiger partial charge in [0.2, 0.25) is 0 Å². The fourth-order valence-electron chi connectivity index (χ4n) is 2.31. The molecule has 1 atom stereocenters. The lowest BCUT2D eigenvalue weighted by atomic mass is 10.1. The summed E-state index contributed by atoms with van der Waals surface area (Å²) >= 11 is 0. The predicted octanol–water partition coefficient (Wildman–Crippen LogP) is -0.0470. The molecule has 1 aliphatic heterocycles. The van der Waals surface area contributed by atoms with E-state index in [1.54, 1.807) is 27.9 Å². The second kappa shape index (κ2) is 7.93. The van der Waals surface area contributed by atoms with Gasteiger partial charge < -0.3 is 19.5 Å². The van der Waals surface area contributed by atoms with Gasteiger partial charge in [-0.1, -0.05) is 0 Å². The summed E-state index contributed by atoms with van der Waals surface area (Å²) in [6.07, 6.45) is -0.425. The first-order valence-electron chi connectivity index (χ1n) is 7.17. The molecule has 1 rings (SSSR count). The van der Waals surface area contributed by atoms with Crippen LogP contribution < -0.4 is 0 Å². The summed E-state index contributed by atoms with van der Waals surface area (Å²) in [6.45, 7) is 9.91. The Balaban J connectivity index is 2.31. The fraction of sp³-hybridized carbons (Fsp3) is 0.929. The number of ether oxygens (including phenoxy) is 2. The molecule has 118 valence electrons. The van der Waals surface area contributed by atoms with Crippen LogP contribution in [0.5, 0.6) is 0 Å². The summed E-state index contributed by atoms with van der Waals surface area (Å²) in [5.74, 6) is 0.0315. The quantitative estimate of drug-likeness (QED) is 0.666. The highest BCUT2D eigenvalue weighted by Gasteiger charge is 2.27. The topological polar surface area (TPSA) is 62.2 Å². The van der Waals surface area contributed by atoms with Crippen molar-refractivity contribution >= 4 is 5.91 Å². The van der Waals surface area contributed by atoms with Gasteiger partial charge in [-0.2, -0.15) is 0 Å². The van der Waals surface area contributed by atoms with Crippen LogP contribution in [0, 0.1) is 0 Å². The molecule has 0 aromatic rings. The van der Waals surface area contributed by atoms with Crippen molar-refractivity contribution in [3.63, 3.8) is 0 Å². The Kier molecular flexibility index (Phi) is 6.88. The second-order valence-electron chi connectivity index (χ2n) is 5.92. The van der Waals surface area contributed by atoms with Crippen LogP contribution in [0.2, 0.25) is 0 Å². The molecule has 1 amide bonds. The van der Waals surface area contributed by atoms with Gasteiger partial charge >= 0.3 is 0 Å². The first-order valence-corrected chi connectivity index (χ1v) is 7.17. The first-order chi connectivity index (χ1) is 9.33. The van der Waals surface area contributed by atoms with Gasteiger partial charge in [-0.05, 0) is 20.8 Å². The number of nitrogens with zero attached hydrogens (tertiary/aromatic N) is 2. The van der Waals surface area contributed by atoms with Crippen LogP contribution in [0.1, 0.15) is 20.8 Å². The number of amides is 1. The molecular weight excluding hydrogens is 260 g/mol. The molecule has 20 heavy (non-hydrogen) atoms. The van der Waals surface area contributed by atoms with Crippen LogP contribution in [-0.4, -0.2) is 85.6 Å². The summed E-state index contributed by atoms with van der Waals surface area (Å²) in [5, 5.41) is 9.80. The summed E-state index contributed by atoms with van der Waals surface area (Å²) in [6, 6.07) is 0. The van der Waals surface area contributed by atoms with Crippen molar-refractivity contribution in [3.8, 4) is 0 Å². The van der Waals surface area contributed by atoms with Crippen LogP contribution in [0.15, 0.2) is 0 Å². The molecule has 0 aliphatic carbocycles. The molecule has 0 aromatic heterocycles. The van der Waals surface area contributed by atoms with E-state index in [9.17, 15) is 9.90 Å². The Hall–Kier alpha value is -0.690. The number of piperazine rings is 1. The monoisotopic (exact) mass is 288 g/mol. The van der Waals surface area contributed by atoms with Crippen molar-refractivity contribution in [2.45, 2.75) is 32.5 Å². The Morgan fingerprint density at radius 2 is 1.85 bits per heavy atom. The number of β-amino-alcohol motifs (C(OH)–C–C–N with tert-alkyl or cyclic N) is 1. The Labute approximate surface area is 121 Å². The number of rotatable bonds is 7. The van der Waals surface area contributed by atoms with E-state index in [0.29, 0.717) is 32.8 Å². The predicted molar refractivity (Wildman–Crippen MR) is 76.6 cm³/mol. The van der Waals surface area contributed by atoms with E-state index < -0.39 is 11.7 Å². The van der Waals surface area contributed by atoms with Crippen LogP contribution >= 0.6 is 0 Å². The van der Waals surface area contributed by atoms with E-state index in [1.165, 1.54) is 0 Å². The van der Waals surface area contributed by atoms with E-state index in [0.717, 1.165) is 13.1 Å². The van der Waals surface area contributed by atoms with Gasteiger partial charge in [0, 0.05) is 39.8 Å². The minimum atomic E-state index is -0.692. The molecule has 1 fully saturated rings. The molecule has 1 saturated heterocycles. The van der Waals surface area contributed by atoms with Gasteiger partial charge in [0.1, 0.15) is 6.10 Å². The summed E-state index contributed by atoms with van der Waals surface area (Å²) in [4.78, 5) is 16.2. The van der Waals surface area contributed by atoms with Crippen molar-refractivity contribution < 1.29 is 19.4 Å². The van der Waals surface area contributed by atoms with Crippen molar-refractivity contribution in [3.05, 3.63) is 0 Å². The fourth-order valence-corrected chi connectivity index (χ4v) is 2.31. The third-order valence-corrected chi connectivity index (χ3v) is 3.30. The minimum absolute atomic E-state index is 0.0315. The highest BCUT2D eigenvalue weighted by atomic mass is 16.5. The Morgan fingerprint density at radius 3 is 2.35 bits per heavy atom. The van der Waals surface area contributed by atoms with Crippen molar-refractivity contribution in [1.29, 1.82) is 0 Å². The Morgan fingerprint density at radius 1 is 1.25 bits per heavy atom. The molecule has 6 heteroatoms. The van der Waals surface area contributed by atoms with Crippen LogP contribution in [-0.2, 0) is 14.3 Å². The van der Waals surface area contributed by atoms with E-state index in [-0.39, 0.29) is 5.91 Å². The molecule has 0 radical (unpaired) electrons. The molecule has 0 bridgehead atoms. The summed E-state index contributed by atoms with van der Waals surface area (Å²) < 4.78 is 10.3. The molecule has 0 saturated carbocycles.